The Labute approximate surface area is 127 Å². The summed E-state index contributed by atoms with van der Waals surface area (Å²) in [6, 6.07) is 11.0. The number of hydrogen-bond donors (Lipinski definition) is 1. The van der Waals surface area contributed by atoms with Crippen molar-refractivity contribution in [2.75, 3.05) is 6.54 Å². The van der Waals surface area contributed by atoms with Crippen LogP contribution in [0, 0.1) is 0 Å². The maximum Gasteiger partial charge on any atom is 0.153 e. The third-order valence-electron chi connectivity index (χ3n) is 4.20. The van der Waals surface area contributed by atoms with E-state index in [1.165, 1.54) is 18.4 Å². The van der Waals surface area contributed by atoms with Crippen LogP contribution in [0.3, 0.4) is 0 Å². The molecule has 3 rings (SSSR count). The van der Waals surface area contributed by atoms with Gasteiger partial charge in [0.05, 0.1) is 11.7 Å². The lowest BCUT2D eigenvalue weighted by molar-refractivity contribution is 0.412. The molecule has 106 valence electrons. The van der Waals surface area contributed by atoms with Crippen LogP contribution in [0.25, 0.3) is 0 Å². The topological polar surface area (TPSA) is 42.7 Å². The van der Waals surface area contributed by atoms with Crippen molar-refractivity contribution in [1.29, 1.82) is 0 Å². The first-order chi connectivity index (χ1) is 9.69. The lowest BCUT2D eigenvalue weighted by Gasteiger charge is -2.28. The maximum absolute atomic E-state index is 4.14. The highest BCUT2D eigenvalue weighted by molar-refractivity contribution is 9.10. The average molecular weight is 335 g/mol. The number of aryl methyl sites for hydroxylation is 1. The van der Waals surface area contributed by atoms with Crippen LogP contribution in [-0.4, -0.2) is 21.5 Å². The van der Waals surface area contributed by atoms with Gasteiger partial charge in [-0.2, -0.15) is 0 Å². The van der Waals surface area contributed by atoms with E-state index in [0.717, 1.165) is 16.8 Å². The molecule has 1 N–H and O–H groups in total. The van der Waals surface area contributed by atoms with Gasteiger partial charge in [-0.15, -0.1) is 5.10 Å². The summed E-state index contributed by atoms with van der Waals surface area (Å²) in [5.74, 6) is 0. The van der Waals surface area contributed by atoms with Gasteiger partial charge in [-0.25, -0.2) is 4.68 Å². The highest BCUT2D eigenvalue weighted by Crippen LogP contribution is 2.56. The van der Waals surface area contributed by atoms with Crippen molar-refractivity contribution >= 4 is 15.9 Å². The molecule has 1 aromatic carbocycles. The molecule has 0 radical (unpaired) electrons. The Morgan fingerprint density at radius 1 is 1.35 bits per heavy atom. The Kier molecular flexibility index (Phi) is 3.65. The molecule has 5 heteroatoms. The van der Waals surface area contributed by atoms with E-state index in [9.17, 15) is 0 Å². The number of aromatic nitrogens is 3. The summed E-state index contributed by atoms with van der Waals surface area (Å²) >= 11 is 3.55. The standard InChI is InChI=1S/C15H19BrN4/c1-3-17-13(12-14(16)18-19-20(12)2)15(9-10-15)11-7-5-4-6-8-11/h4-8,13,17H,3,9-10H2,1-2H3. The third-order valence-corrected chi connectivity index (χ3v) is 4.76. The molecule has 0 spiro atoms. The van der Waals surface area contributed by atoms with Crippen molar-refractivity contribution in [3.63, 3.8) is 0 Å². The van der Waals surface area contributed by atoms with E-state index in [2.05, 4.69) is 68.8 Å². The molecule has 1 unspecified atom stereocenters. The van der Waals surface area contributed by atoms with Gasteiger partial charge < -0.3 is 5.32 Å². The second-order valence-corrected chi connectivity index (χ2v) is 6.15. The first kappa shape index (κ1) is 13.8. The second-order valence-electron chi connectivity index (χ2n) is 5.40. The predicted octanol–water partition coefficient (Wildman–Crippen LogP) is 2.96. The minimum atomic E-state index is 0.176. The average Bonchev–Trinajstić information content (AvgIpc) is 3.21. The molecular weight excluding hydrogens is 316 g/mol. The zero-order chi connectivity index (χ0) is 14.2. The van der Waals surface area contributed by atoms with Crippen molar-refractivity contribution in [1.82, 2.24) is 20.3 Å². The van der Waals surface area contributed by atoms with E-state index in [-0.39, 0.29) is 11.5 Å². The lowest BCUT2D eigenvalue weighted by atomic mass is 9.86. The Morgan fingerprint density at radius 2 is 2.05 bits per heavy atom. The van der Waals surface area contributed by atoms with E-state index >= 15 is 0 Å². The fourth-order valence-corrected chi connectivity index (χ4v) is 3.61. The fourth-order valence-electron chi connectivity index (χ4n) is 3.05. The van der Waals surface area contributed by atoms with Crippen LogP contribution in [0.4, 0.5) is 0 Å². The van der Waals surface area contributed by atoms with Crippen LogP contribution in [-0.2, 0) is 12.5 Å². The van der Waals surface area contributed by atoms with Crippen LogP contribution in [0.15, 0.2) is 34.9 Å². The minimum absolute atomic E-state index is 0.176. The van der Waals surface area contributed by atoms with Crippen molar-refractivity contribution in [3.8, 4) is 0 Å². The second kappa shape index (κ2) is 5.30. The Balaban J connectivity index is 2.04. The van der Waals surface area contributed by atoms with E-state index in [1.54, 1.807) is 0 Å². The zero-order valence-corrected chi connectivity index (χ0v) is 13.4. The predicted molar refractivity (Wildman–Crippen MR) is 82.5 cm³/mol. The first-order valence-corrected chi connectivity index (χ1v) is 7.82. The molecule has 1 atom stereocenters. The van der Waals surface area contributed by atoms with Gasteiger partial charge in [0.2, 0.25) is 0 Å². The van der Waals surface area contributed by atoms with E-state index in [1.807, 2.05) is 11.7 Å². The SMILES string of the molecule is CCNC(c1c(Br)nnn1C)C1(c2ccccc2)CC1. The van der Waals surface area contributed by atoms with Crippen LogP contribution in [0.1, 0.15) is 37.1 Å². The van der Waals surface area contributed by atoms with Gasteiger partial charge in [-0.1, -0.05) is 42.5 Å². The quantitative estimate of drug-likeness (QED) is 0.914. The van der Waals surface area contributed by atoms with Crippen molar-refractivity contribution < 1.29 is 0 Å². The zero-order valence-electron chi connectivity index (χ0n) is 11.8. The van der Waals surface area contributed by atoms with Crippen LogP contribution < -0.4 is 5.32 Å². The van der Waals surface area contributed by atoms with Gasteiger partial charge in [0.15, 0.2) is 4.60 Å². The van der Waals surface area contributed by atoms with Gasteiger partial charge in [0, 0.05) is 12.5 Å². The molecule has 1 aliphatic rings. The summed E-state index contributed by atoms with van der Waals surface area (Å²) in [6.07, 6.45) is 2.40. The number of hydrogen-bond acceptors (Lipinski definition) is 3. The number of halogens is 1. The number of nitrogens with zero attached hydrogens (tertiary/aromatic N) is 3. The van der Waals surface area contributed by atoms with Gasteiger partial charge in [0.25, 0.3) is 0 Å². The van der Waals surface area contributed by atoms with Crippen LogP contribution in [0.5, 0.6) is 0 Å². The number of likely N-dealkylation sites (N-methyl/N-ethyl adjacent to an activating group) is 1. The summed E-state index contributed by atoms with van der Waals surface area (Å²) in [6.45, 7) is 3.07. The molecule has 2 aromatic rings. The molecule has 1 fully saturated rings. The summed E-state index contributed by atoms with van der Waals surface area (Å²) in [5, 5.41) is 11.9. The molecule has 0 bridgehead atoms. The van der Waals surface area contributed by atoms with Crippen molar-refractivity contribution in [3.05, 3.63) is 46.2 Å². The minimum Gasteiger partial charge on any atom is -0.308 e. The van der Waals surface area contributed by atoms with Gasteiger partial charge in [0.1, 0.15) is 0 Å². The van der Waals surface area contributed by atoms with E-state index < -0.39 is 0 Å². The first-order valence-electron chi connectivity index (χ1n) is 7.03. The van der Waals surface area contributed by atoms with Crippen LogP contribution >= 0.6 is 15.9 Å². The summed E-state index contributed by atoms with van der Waals surface area (Å²) in [5.41, 5.74) is 2.71. The van der Waals surface area contributed by atoms with E-state index in [0.29, 0.717) is 0 Å². The molecule has 1 heterocycles. The molecule has 0 saturated heterocycles. The number of benzene rings is 1. The Hall–Kier alpha value is -1.20. The Bertz CT molecular complexity index is 570. The molecule has 0 aliphatic heterocycles. The largest absolute Gasteiger partial charge is 0.308 e. The summed E-state index contributed by atoms with van der Waals surface area (Å²) in [7, 11) is 1.96. The van der Waals surface area contributed by atoms with Crippen molar-refractivity contribution in [2.45, 2.75) is 31.2 Å². The Morgan fingerprint density at radius 3 is 2.55 bits per heavy atom. The van der Waals surface area contributed by atoms with Crippen molar-refractivity contribution in [2.24, 2.45) is 7.05 Å². The van der Waals surface area contributed by atoms with Gasteiger partial charge >= 0.3 is 0 Å². The third kappa shape index (κ3) is 2.19. The normalized spacial score (nSPS) is 17.9. The maximum atomic E-state index is 4.14. The molecule has 1 aliphatic carbocycles. The summed E-state index contributed by atoms with van der Waals surface area (Å²) in [4.78, 5) is 0. The lowest BCUT2D eigenvalue weighted by Crippen LogP contribution is -2.34. The van der Waals surface area contributed by atoms with Crippen LogP contribution in [0.2, 0.25) is 0 Å². The molecule has 20 heavy (non-hydrogen) atoms. The summed E-state index contributed by atoms with van der Waals surface area (Å²) < 4.78 is 2.72. The molecule has 1 aromatic heterocycles. The van der Waals surface area contributed by atoms with Gasteiger partial charge in [-0.05, 0) is 40.9 Å². The highest BCUT2D eigenvalue weighted by Gasteiger charge is 2.52. The molecular formula is C15H19BrN4. The number of nitrogens with one attached hydrogen (secondary N) is 1. The number of rotatable bonds is 5. The smallest absolute Gasteiger partial charge is 0.153 e. The van der Waals surface area contributed by atoms with E-state index in [4.69, 9.17) is 0 Å². The molecule has 1 saturated carbocycles. The van der Waals surface area contributed by atoms with Gasteiger partial charge in [-0.3, -0.25) is 0 Å². The highest BCUT2D eigenvalue weighted by atomic mass is 79.9. The fraction of sp³-hybridized carbons (Fsp3) is 0.467. The monoisotopic (exact) mass is 334 g/mol. The molecule has 4 nitrogen and oxygen atoms in total. The molecule has 0 amide bonds.